The summed E-state index contributed by atoms with van der Waals surface area (Å²) in [5, 5.41) is 23.3. The Balaban J connectivity index is 1.24. The van der Waals surface area contributed by atoms with Crippen LogP contribution < -0.4 is 15.1 Å². The Kier molecular flexibility index (Phi) is 9.15. The summed E-state index contributed by atoms with van der Waals surface area (Å²) in [6, 6.07) is 14.4. The van der Waals surface area contributed by atoms with Crippen molar-refractivity contribution >= 4 is 31.9 Å². The van der Waals surface area contributed by atoms with Gasteiger partial charge in [-0.3, -0.25) is 19.8 Å². The fourth-order valence-corrected chi connectivity index (χ4v) is 7.14. The first-order chi connectivity index (χ1) is 22.1. The third-order valence-corrected chi connectivity index (χ3v) is 12.3. The molecule has 13 heteroatoms. The summed E-state index contributed by atoms with van der Waals surface area (Å²) in [5.74, 6) is -1.68. The van der Waals surface area contributed by atoms with Crippen molar-refractivity contribution in [3.63, 3.8) is 0 Å². The Morgan fingerprint density at radius 1 is 1.13 bits per heavy atom. The van der Waals surface area contributed by atoms with Crippen LogP contribution in [0.4, 0.5) is 0 Å². The fraction of sp³-hybridized carbons (Fsp3) is 0.382. The highest BCUT2D eigenvalue weighted by molar-refractivity contribution is 6.53. The number of carboxylic acids is 1. The monoisotopic (exact) mass is 662 g/mol. The van der Waals surface area contributed by atoms with E-state index >= 15 is 0 Å². The maximum Gasteiger partial charge on any atom is 0.353 e. The fourth-order valence-electron chi connectivity index (χ4n) is 5.92. The van der Waals surface area contributed by atoms with Crippen LogP contribution >= 0.6 is 0 Å². The number of amides is 1. The molecule has 5 rings (SSSR count). The number of carboxylic acid groups (broad SMARTS) is 1. The summed E-state index contributed by atoms with van der Waals surface area (Å²) < 4.78 is 23.1. The average molecular weight is 663 g/mol. The average Bonchev–Trinajstić information content (AvgIpc) is 3.23. The van der Waals surface area contributed by atoms with Crippen LogP contribution in [0.5, 0.6) is 11.5 Å². The number of benzene rings is 2. The molecule has 2 aliphatic rings. The second-order valence-electron chi connectivity index (χ2n) is 13.1. The van der Waals surface area contributed by atoms with Gasteiger partial charge in [0.2, 0.25) is 5.91 Å². The molecule has 12 nitrogen and oxygen atoms in total. The molecule has 0 saturated carbocycles. The first-order valence-electron chi connectivity index (χ1n) is 15.3. The Bertz CT molecular complexity index is 1830. The van der Waals surface area contributed by atoms with Gasteiger partial charge in [-0.1, -0.05) is 39.0 Å². The summed E-state index contributed by atoms with van der Waals surface area (Å²) >= 11 is 0. The second-order valence-corrected chi connectivity index (χ2v) is 16.4. The van der Waals surface area contributed by atoms with Crippen LogP contribution in [0.3, 0.4) is 0 Å². The van der Waals surface area contributed by atoms with Gasteiger partial charge in [-0.2, -0.15) is 0 Å². The molecular formula is C34H38N2O10Si. The first kappa shape index (κ1) is 33.6. The van der Waals surface area contributed by atoms with Crippen LogP contribution in [0, 0.1) is 16.0 Å². The van der Waals surface area contributed by atoms with Crippen LogP contribution in [-0.2, 0) is 20.6 Å². The van der Waals surface area contributed by atoms with Gasteiger partial charge in [-0.25, -0.2) is 9.59 Å². The summed E-state index contributed by atoms with van der Waals surface area (Å²) in [6.07, 6.45) is 2.28. The predicted molar refractivity (Wildman–Crippen MR) is 175 cm³/mol. The molecule has 2 aromatic carbocycles. The topological polar surface area (TPSA) is 159 Å². The van der Waals surface area contributed by atoms with Crippen molar-refractivity contribution in [2.45, 2.75) is 70.5 Å². The number of fused-ring (bicyclic) bond motifs is 2. The zero-order valence-electron chi connectivity index (χ0n) is 27.1. The van der Waals surface area contributed by atoms with Gasteiger partial charge < -0.3 is 23.4 Å². The number of β-lactam (4-membered cyclic amide) rings is 1. The molecule has 0 aliphatic carbocycles. The van der Waals surface area contributed by atoms with Crippen molar-refractivity contribution in [3.05, 3.63) is 104 Å². The van der Waals surface area contributed by atoms with Crippen molar-refractivity contribution in [1.82, 2.24) is 4.90 Å². The molecule has 248 valence electrons. The first-order valence-corrected chi connectivity index (χ1v) is 17.5. The maximum absolute atomic E-state index is 13.3. The number of rotatable bonds is 12. The maximum atomic E-state index is 13.3. The highest BCUT2D eigenvalue weighted by atomic mass is 28.3. The minimum Gasteiger partial charge on any atom is -0.490 e. The number of ether oxygens (including phenoxy) is 2. The van der Waals surface area contributed by atoms with Crippen LogP contribution in [-0.4, -0.2) is 60.1 Å². The third-order valence-electron chi connectivity index (χ3n) is 9.04. The van der Waals surface area contributed by atoms with Gasteiger partial charge in [0.05, 0.1) is 17.6 Å². The molecule has 1 saturated heterocycles. The van der Waals surface area contributed by atoms with E-state index < -0.39 is 60.8 Å². The van der Waals surface area contributed by atoms with Gasteiger partial charge in [0.25, 0.3) is 5.54 Å². The van der Waals surface area contributed by atoms with Crippen LogP contribution in [0.2, 0.25) is 11.6 Å². The molecule has 2 unspecified atom stereocenters. The third kappa shape index (κ3) is 6.45. The molecule has 1 aromatic heterocycles. The van der Waals surface area contributed by atoms with E-state index in [1.54, 1.807) is 43.3 Å². The van der Waals surface area contributed by atoms with Gasteiger partial charge in [0.15, 0.2) is 9.04 Å². The SMILES string of the molecule is CC(O[SiH](C)C(C)(C)C)[C@H]1C(=O)N2C(C(=O)O)=C(/C=C/COc3ccc(COc4ccc5ccc(=O)oc5c4)cc3)[C@](C)([N+](=O)[O-])[C@@H]12. The quantitative estimate of drug-likeness (QED) is 0.0911. The van der Waals surface area contributed by atoms with Gasteiger partial charge >= 0.3 is 11.6 Å². The van der Waals surface area contributed by atoms with E-state index in [2.05, 4.69) is 20.8 Å². The lowest BCUT2D eigenvalue weighted by Gasteiger charge is -2.48. The molecule has 47 heavy (non-hydrogen) atoms. The van der Waals surface area contributed by atoms with Crippen LogP contribution in [0.15, 0.2) is 87.2 Å². The predicted octanol–water partition coefficient (Wildman–Crippen LogP) is 5.08. The molecular weight excluding hydrogens is 624 g/mol. The van der Waals surface area contributed by atoms with E-state index in [0.29, 0.717) is 17.1 Å². The van der Waals surface area contributed by atoms with Gasteiger partial charge in [0, 0.05) is 29.4 Å². The van der Waals surface area contributed by atoms with Crippen molar-refractivity contribution in [2.75, 3.05) is 6.61 Å². The van der Waals surface area contributed by atoms with Gasteiger partial charge in [-0.15, -0.1) is 0 Å². The zero-order valence-corrected chi connectivity index (χ0v) is 28.2. The lowest BCUT2D eigenvalue weighted by Crippen LogP contribution is -2.70. The molecule has 5 atom stereocenters. The van der Waals surface area contributed by atoms with E-state index in [9.17, 15) is 29.6 Å². The van der Waals surface area contributed by atoms with E-state index in [0.717, 1.165) is 15.8 Å². The van der Waals surface area contributed by atoms with Gasteiger partial charge in [-0.05, 0) is 60.5 Å². The van der Waals surface area contributed by atoms with Crippen molar-refractivity contribution in [1.29, 1.82) is 0 Å². The van der Waals surface area contributed by atoms with Gasteiger partial charge in [0.1, 0.15) is 42.0 Å². The number of nitrogens with zero attached hydrogens (tertiary/aromatic N) is 2. The number of hydrogen-bond acceptors (Lipinski definition) is 9. The normalized spacial score (nSPS) is 22.3. The molecule has 0 spiro atoms. The van der Waals surface area contributed by atoms with Crippen molar-refractivity contribution < 1.29 is 37.9 Å². The van der Waals surface area contributed by atoms with E-state index in [1.165, 1.54) is 25.1 Å². The van der Waals surface area contributed by atoms with E-state index in [4.69, 9.17) is 18.3 Å². The number of carbonyl (C=O) groups is 2. The van der Waals surface area contributed by atoms with E-state index in [-0.39, 0.29) is 23.8 Å². The largest absolute Gasteiger partial charge is 0.490 e. The number of carbonyl (C=O) groups excluding carboxylic acids is 1. The zero-order chi connectivity index (χ0) is 34.3. The Morgan fingerprint density at radius 2 is 1.79 bits per heavy atom. The molecule has 1 fully saturated rings. The smallest absolute Gasteiger partial charge is 0.353 e. The highest BCUT2D eigenvalue weighted by Gasteiger charge is 2.72. The molecule has 1 N–H and O–H groups in total. The van der Waals surface area contributed by atoms with Crippen molar-refractivity contribution in [3.8, 4) is 11.5 Å². The lowest BCUT2D eigenvalue weighted by molar-refractivity contribution is -0.561. The molecule has 0 radical (unpaired) electrons. The Morgan fingerprint density at radius 3 is 2.43 bits per heavy atom. The summed E-state index contributed by atoms with van der Waals surface area (Å²) in [5.41, 5.74) is -1.46. The molecule has 3 heterocycles. The molecule has 3 aromatic rings. The van der Waals surface area contributed by atoms with E-state index in [1.807, 2.05) is 18.7 Å². The van der Waals surface area contributed by atoms with Crippen molar-refractivity contribution in [2.24, 2.45) is 5.92 Å². The molecule has 0 bridgehead atoms. The summed E-state index contributed by atoms with van der Waals surface area (Å²) in [4.78, 5) is 50.2. The Labute approximate surface area is 273 Å². The molecule has 1 amide bonds. The highest BCUT2D eigenvalue weighted by Crippen LogP contribution is 2.52. The second kappa shape index (κ2) is 12.8. The number of aliphatic carboxylic acids is 1. The summed E-state index contributed by atoms with van der Waals surface area (Å²) in [6.45, 7) is 11.5. The standard InChI is InChI=1S/C34H38N2O10Si/c1-20(46-47(6)33(2,3)4)28-30-34(5,36(41)42)25(29(32(39)40)35(30)31(28)38)8-7-17-43-23-13-9-21(10-14-23)19-44-24-15-11-22-12-16-27(37)45-26(22)18-24/h7-16,18,20,28,30,47H,17,19H2,1-6H3,(H,39,40)/b8-7+/t20?,28-,30-,34+,47?/m1/s1. The van der Waals surface area contributed by atoms with Crippen LogP contribution in [0.25, 0.3) is 11.0 Å². The molecule has 2 aliphatic heterocycles. The lowest BCUT2D eigenvalue weighted by atomic mass is 9.73. The summed E-state index contributed by atoms with van der Waals surface area (Å²) in [7, 11) is -1.77. The number of hydrogen-bond donors (Lipinski definition) is 1. The minimum atomic E-state index is -1.86. The van der Waals surface area contributed by atoms with Crippen LogP contribution in [0.1, 0.15) is 40.2 Å². The number of nitro groups is 1. The minimum absolute atomic E-state index is 0.00140. The Hall–Kier alpha value is -4.75.